The van der Waals surface area contributed by atoms with Crippen LogP contribution in [0.4, 0.5) is 5.69 Å². The quantitative estimate of drug-likeness (QED) is 0.827. The number of hydrogen-bond acceptors (Lipinski definition) is 2. The molecule has 0 saturated heterocycles. The van der Waals surface area contributed by atoms with Gasteiger partial charge < -0.3 is 10.0 Å². The van der Waals surface area contributed by atoms with Crippen LogP contribution in [0, 0.1) is 0 Å². The number of nitrogens with zero attached hydrogens (tertiary/aromatic N) is 1. The molecule has 3 nitrogen and oxygen atoms in total. The predicted molar refractivity (Wildman–Crippen MR) is 75.8 cm³/mol. The monoisotopic (exact) mass is 257 g/mol. The van der Waals surface area contributed by atoms with Gasteiger partial charge in [0, 0.05) is 18.3 Å². The number of hydrogen-bond donors (Lipinski definition) is 1. The van der Waals surface area contributed by atoms with E-state index in [2.05, 4.69) is 23.1 Å². The van der Waals surface area contributed by atoms with Gasteiger partial charge in [-0.15, -0.1) is 0 Å². The first kappa shape index (κ1) is 12.3. The van der Waals surface area contributed by atoms with Gasteiger partial charge in [0.1, 0.15) is 0 Å². The largest absolute Gasteiger partial charge is 0.478 e. The summed E-state index contributed by atoms with van der Waals surface area (Å²) in [5.41, 5.74) is 2.62. The van der Waals surface area contributed by atoms with E-state index in [-0.39, 0.29) is 0 Å². The summed E-state index contributed by atoms with van der Waals surface area (Å²) >= 11 is 0. The van der Waals surface area contributed by atoms with E-state index >= 15 is 0 Å². The van der Waals surface area contributed by atoms with E-state index in [1.54, 1.807) is 6.07 Å². The highest BCUT2D eigenvalue weighted by molar-refractivity contribution is 5.91. The summed E-state index contributed by atoms with van der Waals surface area (Å²) in [6.07, 6.45) is 10.0. The molecule has 1 heterocycles. The molecular formula is C16H19NO2. The van der Waals surface area contributed by atoms with E-state index in [0.29, 0.717) is 11.6 Å². The minimum Gasteiger partial charge on any atom is -0.478 e. The zero-order chi connectivity index (χ0) is 13.2. The molecule has 0 fully saturated rings. The van der Waals surface area contributed by atoms with E-state index in [9.17, 15) is 9.90 Å². The molecule has 1 aromatic carbocycles. The lowest BCUT2D eigenvalue weighted by Gasteiger charge is -2.38. The van der Waals surface area contributed by atoms with Crippen LogP contribution in [-0.4, -0.2) is 23.7 Å². The normalized spacial score (nSPS) is 22.1. The number of allylic oxidation sites excluding steroid dienone is 1. The SMILES string of the molecule is O=C(O)c1cccc2c1CCCN2C1C=CCCC1. The number of carboxylic acid groups (broad SMARTS) is 1. The van der Waals surface area contributed by atoms with Gasteiger partial charge in [0.2, 0.25) is 0 Å². The molecule has 0 bridgehead atoms. The number of anilines is 1. The van der Waals surface area contributed by atoms with E-state index in [1.165, 1.54) is 19.3 Å². The minimum atomic E-state index is -0.808. The number of carboxylic acids is 1. The number of benzene rings is 1. The third-order valence-electron chi connectivity index (χ3n) is 4.15. The Balaban J connectivity index is 2.00. The van der Waals surface area contributed by atoms with E-state index in [1.807, 2.05) is 6.07 Å². The van der Waals surface area contributed by atoms with Crippen LogP contribution in [0.15, 0.2) is 30.4 Å². The minimum absolute atomic E-state index is 0.442. The van der Waals surface area contributed by atoms with Crippen LogP contribution in [0.1, 0.15) is 41.6 Å². The first-order chi connectivity index (χ1) is 9.27. The summed E-state index contributed by atoms with van der Waals surface area (Å²) in [5, 5.41) is 9.30. The van der Waals surface area contributed by atoms with Gasteiger partial charge in [-0.2, -0.15) is 0 Å². The highest BCUT2D eigenvalue weighted by atomic mass is 16.4. The van der Waals surface area contributed by atoms with Crippen LogP contribution in [0.25, 0.3) is 0 Å². The lowest BCUT2D eigenvalue weighted by molar-refractivity contribution is 0.0695. The Kier molecular flexibility index (Phi) is 3.28. The first-order valence-electron chi connectivity index (χ1n) is 7.06. The molecule has 19 heavy (non-hydrogen) atoms. The Hall–Kier alpha value is -1.77. The van der Waals surface area contributed by atoms with E-state index < -0.39 is 5.97 Å². The van der Waals surface area contributed by atoms with Gasteiger partial charge in [-0.1, -0.05) is 18.2 Å². The van der Waals surface area contributed by atoms with Crippen molar-refractivity contribution < 1.29 is 9.90 Å². The molecule has 0 saturated carbocycles. The van der Waals surface area contributed by atoms with Gasteiger partial charge in [-0.3, -0.25) is 0 Å². The van der Waals surface area contributed by atoms with Crippen LogP contribution in [0.5, 0.6) is 0 Å². The molecule has 1 aliphatic heterocycles. The zero-order valence-electron chi connectivity index (χ0n) is 11.0. The lowest BCUT2D eigenvalue weighted by atomic mass is 9.92. The maximum atomic E-state index is 11.3. The van der Waals surface area contributed by atoms with Gasteiger partial charge >= 0.3 is 5.97 Å². The summed E-state index contributed by atoms with van der Waals surface area (Å²) in [4.78, 5) is 13.7. The van der Waals surface area contributed by atoms with Crippen molar-refractivity contribution in [1.82, 2.24) is 0 Å². The lowest BCUT2D eigenvalue weighted by Crippen LogP contribution is -2.39. The van der Waals surface area contributed by atoms with E-state index in [4.69, 9.17) is 0 Å². The predicted octanol–water partition coefficient (Wildman–Crippen LogP) is 3.25. The Bertz CT molecular complexity index is 521. The summed E-state index contributed by atoms with van der Waals surface area (Å²) < 4.78 is 0. The van der Waals surface area contributed by atoms with Gasteiger partial charge in [0.05, 0.1) is 5.56 Å². The number of fused-ring (bicyclic) bond motifs is 1. The molecule has 1 aromatic rings. The molecule has 0 radical (unpaired) electrons. The molecule has 1 unspecified atom stereocenters. The molecule has 0 spiro atoms. The van der Waals surface area contributed by atoms with Gasteiger partial charge in [-0.25, -0.2) is 4.79 Å². The maximum Gasteiger partial charge on any atom is 0.336 e. The van der Waals surface area contributed by atoms with Crippen LogP contribution in [0.3, 0.4) is 0 Å². The first-order valence-corrected chi connectivity index (χ1v) is 7.06. The molecule has 0 aromatic heterocycles. The van der Waals surface area contributed by atoms with Crippen molar-refractivity contribution in [3.05, 3.63) is 41.5 Å². The molecule has 100 valence electrons. The average molecular weight is 257 g/mol. The Morgan fingerprint density at radius 3 is 2.95 bits per heavy atom. The number of aromatic carboxylic acids is 1. The molecule has 0 amide bonds. The fourth-order valence-electron chi connectivity index (χ4n) is 3.25. The highest BCUT2D eigenvalue weighted by Crippen LogP contribution is 2.33. The smallest absolute Gasteiger partial charge is 0.336 e. The van der Waals surface area contributed by atoms with Gasteiger partial charge in [0.25, 0.3) is 0 Å². The summed E-state index contributed by atoms with van der Waals surface area (Å²) in [7, 11) is 0. The van der Waals surface area contributed by atoms with Crippen LogP contribution < -0.4 is 4.90 Å². The summed E-state index contributed by atoms with van der Waals surface area (Å²) in [5.74, 6) is -0.808. The maximum absolute atomic E-state index is 11.3. The molecule has 3 rings (SSSR count). The fraction of sp³-hybridized carbons (Fsp3) is 0.438. The molecule has 1 atom stereocenters. The van der Waals surface area contributed by atoms with Crippen molar-refractivity contribution in [3.8, 4) is 0 Å². The van der Waals surface area contributed by atoms with Crippen LogP contribution in [-0.2, 0) is 6.42 Å². The van der Waals surface area contributed by atoms with Crippen LogP contribution >= 0.6 is 0 Å². The number of carbonyl (C=O) groups is 1. The standard InChI is InChI=1S/C16H19NO2/c18-16(19)14-8-4-10-15-13(14)9-5-11-17(15)12-6-2-1-3-7-12/h2,4,6,8,10,12H,1,3,5,7,9,11H2,(H,18,19). The Morgan fingerprint density at radius 2 is 2.21 bits per heavy atom. The van der Waals surface area contributed by atoms with Crippen molar-refractivity contribution >= 4 is 11.7 Å². The summed E-state index contributed by atoms with van der Waals surface area (Å²) in [6, 6.07) is 6.11. The molecule has 1 N–H and O–H groups in total. The fourth-order valence-corrected chi connectivity index (χ4v) is 3.25. The average Bonchev–Trinajstić information content (AvgIpc) is 2.46. The van der Waals surface area contributed by atoms with Crippen molar-refractivity contribution in [1.29, 1.82) is 0 Å². The molecule has 3 heteroatoms. The second-order valence-corrected chi connectivity index (χ2v) is 5.33. The molecule has 2 aliphatic rings. The van der Waals surface area contributed by atoms with E-state index in [0.717, 1.165) is 30.6 Å². The summed E-state index contributed by atoms with van der Waals surface area (Å²) in [6.45, 7) is 1.03. The van der Waals surface area contributed by atoms with Gasteiger partial charge in [0.15, 0.2) is 0 Å². The molecular weight excluding hydrogens is 238 g/mol. The Morgan fingerprint density at radius 1 is 1.32 bits per heavy atom. The third kappa shape index (κ3) is 2.25. The van der Waals surface area contributed by atoms with Crippen molar-refractivity contribution in [2.45, 2.75) is 38.1 Å². The van der Waals surface area contributed by atoms with Crippen molar-refractivity contribution in [2.75, 3.05) is 11.4 Å². The Labute approximate surface area is 113 Å². The number of rotatable bonds is 2. The van der Waals surface area contributed by atoms with Crippen LogP contribution in [0.2, 0.25) is 0 Å². The second kappa shape index (κ2) is 5.08. The zero-order valence-corrected chi connectivity index (χ0v) is 11.0. The van der Waals surface area contributed by atoms with Gasteiger partial charge in [-0.05, 0) is 49.8 Å². The van der Waals surface area contributed by atoms with Crippen molar-refractivity contribution in [3.63, 3.8) is 0 Å². The second-order valence-electron chi connectivity index (χ2n) is 5.33. The van der Waals surface area contributed by atoms with Crippen molar-refractivity contribution in [2.24, 2.45) is 0 Å². The molecule has 1 aliphatic carbocycles. The topological polar surface area (TPSA) is 40.5 Å². The third-order valence-corrected chi connectivity index (χ3v) is 4.15. The highest BCUT2D eigenvalue weighted by Gasteiger charge is 2.26.